The molecule has 0 aliphatic carbocycles. The van der Waals surface area contributed by atoms with Crippen molar-refractivity contribution in [2.75, 3.05) is 13.2 Å². The van der Waals surface area contributed by atoms with E-state index in [9.17, 15) is 0 Å². The van der Waals surface area contributed by atoms with Crippen molar-refractivity contribution in [3.63, 3.8) is 0 Å². The molecule has 17 heavy (non-hydrogen) atoms. The Morgan fingerprint density at radius 2 is 2.18 bits per heavy atom. The number of nitrogens with one attached hydrogen (secondary N) is 1. The molecule has 0 amide bonds. The summed E-state index contributed by atoms with van der Waals surface area (Å²) in [6, 6.07) is 5.83. The Bertz CT molecular complexity index is 344. The molecule has 1 aromatic rings. The lowest BCUT2D eigenvalue weighted by Crippen LogP contribution is -2.17. The molecule has 4 heteroatoms. The molecule has 96 valence electrons. The molecule has 0 fully saturated rings. The van der Waals surface area contributed by atoms with Gasteiger partial charge in [-0.05, 0) is 50.6 Å². The van der Waals surface area contributed by atoms with Crippen molar-refractivity contribution < 1.29 is 4.74 Å². The van der Waals surface area contributed by atoms with Crippen molar-refractivity contribution in [3.05, 3.63) is 33.3 Å². The van der Waals surface area contributed by atoms with Crippen LogP contribution in [0.3, 0.4) is 0 Å². The van der Waals surface area contributed by atoms with Gasteiger partial charge in [0.2, 0.25) is 0 Å². The van der Waals surface area contributed by atoms with Crippen LogP contribution >= 0.6 is 27.5 Å². The molecule has 1 rings (SSSR count). The molecule has 0 aromatic heterocycles. The van der Waals surface area contributed by atoms with E-state index in [0.29, 0.717) is 6.10 Å². The molecule has 0 spiro atoms. The van der Waals surface area contributed by atoms with Gasteiger partial charge in [0.25, 0.3) is 0 Å². The van der Waals surface area contributed by atoms with Gasteiger partial charge in [0, 0.05) is 22.6 Å². The van der Waals surface area contributed by atoms with E-state index in [4.69, 9.17) is 16.3 Å². The highest BCUT2D eigenvalue weighted by Crippen LogP contribution is 2.20. The first-order valence-corrected chi connectivity index (χ1v) is 7.03. The van der Waals surface area contributed by atoms with Crippen LogP contribution in [0.1, 0.15) is 25.8 Å². The lowest BCUT2D eigenvalue weighted by atomic mass is 10.2. The summed E-state index contributed by atoms with van der Waals surface area (Å²) in [5.41, 5.74) is 1.18. The molecular weight excluding hydrogens is 302 g/mol. The van der Waals surface area contributed by atoms with Crippen molar-refractivity contribution in [3.8, 4) is 0 Å². The first kappa shape index (κ1) is 15.0. The minimum Gasteiger partial charge on any atom is -0.379 e. The summed E-state index contributed by atoms with van der Waals surface area (Å²) >= 11 is 9.45. The molecule has 0 aliphatic heterocycles. The van der Waals surface area contributed by atoms with Gasteiger partial charge < -0.3 is 10.1 Å². The third kappa shape index (κ3) is 6.41. The minimum absolute atomic E-state index is 0.317. The van der Waals surface area contributed by atoms with Crippen LogP contribution in [-0.2, 0) is 11.3 Å². The van der Waals surface area contributed by atoms with Crippen molar-refractivity contribution in [2.45, 2.75) is 32.9 Å². The fourth-order valence-electron chi connectivity index (χ4n) is 1.42. The Morgan fingerprint density at radius 1 is 1.41 bits per heavy atom. The normalized spacial score (nSPS) is 11.1. The van der Waals surface area contributed by atoms with E-state index >= 15 is 0 Å². The Kier molecular flexibility index (Phi) is 7.12. The van der Waals surface area contributed by atoms with Crippen LogP contribution in [-0.4, -0.2) is 19.3 Å². The second-order valence-corrected chi connectivity index (χ2v) is 5.48. The monoisotopic (exact) mass is 319 g/mol. The maximum atomic E-state index is 5.95. The van der Waals surface area contributed by atoms with E-state index in [1.165, 1.54) is 5.56 Å². The maximum absolute atomic E-state index is 5.95. The van der Waals surface area contributed by atoms with Gasteiger partial charge in [-0.2, -0.15) is 0 Å². The molecule has 0 radical (unpaired) electrons. The van der Waals surface area contributed by atoms with Crippen LogP contribution in [0.2, 0.25) is 5.02 Å². The quantitative estimate of drug-likeness (QED) is 0.767. The van der Waals surface area contributed by atoms with Crippen molar-refractivity contribution in [1.29, 1.82) is 0 Å². The fraction of sp³-hybridized carbons (Fsp3) is 0.538. The molecule has 0 saturated heterocycles. The van der Waals surface area contributed by atoms with Gasteiger partial charge >= 0.3 is 0 Å². The van der Waals surface area contributed by atoms with Crippen molar-refractivity contribution in [2.24, 2.45) is 0 Å². The van der Waals surface area contributed by atoms with Gasteiger partial charge in [-0.15, -0.1) is 0 Å². The van der Waals surface area contributed by atoms with E-state index in [-0.39, 0.29) is 0 Å². The molecule has 0 aliphatic rings. The van der Waals surface area contributed by atoms with Gasteiger partial charge in [-0.25, -0.2) is 0 Å². The summed E-state index contributed by atoms with van der Waals surface area (Å²) in [7, 11) is 0. The number of halogens is 2. The van der Waals surface area contributed by atoms with Crippen LogP contribution in [0.4, 0.5) is 0 Å². The third-order valence-corrected chi connectivity index (χ3v) is 3.28. The van der Waals surface area contributed by atoms with Crippen LogP contribution in [0, 0.1) is 0 Å². The van der Waals surface area contributed by atoms with Gasteiger partial charge in [-0.3, -0.25) is 0 Å². The number of hydrogen-bond donors (Lipinski definition) is 1. The second kappa shape index (κ2) is 8.09. The predicted molar refractivity (Wildman–Crippen MR) is 76.6 cm³/mol. The Hall–Kier alpha value is -0.0900. The zero-order valence-electron chi connectivity index (χ0n) is 10.3. The highest BCUT2D eigenvalue weighted by Gasteiger charge is 2.00. The SMILES string of the molecule is CC(C)OCCCNCc1cc(Cl)ccc1Br. The van der Waals surface area contributed by atoms with Crippen LogP contribution in [0.5, 0.6) is 0 Å². The van der Waals surface area contributed by atoms with E-state index in [0.717, 1.165) is 35.6 Å². The number of ether oxygens (including phenoxy) is 1. The average Bonchev–Trinajstić information content (AvgIpc) is 2.27. The van der Waals surface area contributed by atoms with Gasteiger partial charge in [0.1, 0.15) is 0 Å². The lowest BCUT2D eigenvalue weighted by Gasteiger charge is -2.09. The molecule has 1 N–H and O–H groups in total. The molecule has 2 nitrogen and oxygen atoms in total. The number of rotatable bonds is 7. The van der Waals surface area contributed by atoms with Crippen LogP contribution in [0.25, 0.3) is 0 Å². The summed E-state index contributed by atoms with van der Waals surface area (Å²) in [5, 5.41) is 4.15. The van der Waals surface area contributed by atoms with Crippen molar-refractivity contribution in [1.82, 2.24) is 5.32 Å². The Labute approximate surface area is 117 Å². The third-order valence-electron chi connectivity index (χ3n) is 2.27. The largest absolute Gasteiger partial charge is 0.379 e. The van der Waals surface area contributed by atoms with Crippen LogP contribution in [0.15, 0.2) is 22.7 Å². The van der Waals surface area contributed by atoms with E-state index in [2.05, 4.69) is 35.1 Å². The van der Waals surface area contributed by atoms with Crippen molar-refractivity contribution >= 4 is 27.5 Å². The highest BCUT2D eigenvalue weighted by molar-refractivity contribution is 9.10. The first-order valence-electron chi connectivity index (χ1n) is 5.86. The predicted octanol–water partition coefficient (Wildman–Crippen LogP) is 4.01. The molecular formula is C13H19BrClNO. The van der Waals surface area contributed by atoms with Gasteiger partial charge in [0.05, 0.1) is 6.10 Å². The van der Waals surface area contributed by atoms with Crippen LogP contribution < -0.4 is 5.32 Å². The highest BCUT2D eigenvalue weighted by atomic mass is 79.9. The minimum atomic E-state index is 0.317. The molecule has 0 unspecified atom stereocenters. The topological polar surface area (TPSA) is 21.3 Å². The molecule has 0 atom stereocenters. The van der Waals surface area contributed by atoms with E-state index in [1.54, 1.807) is 0 Å². The van der Waals surface area contributed by atoms with E-state index in [1.807, 2.05) is 18.2 Å². The summed E-state index contributed by atoms with van der Waals surface area (Å²) in [6.07, 6.45) is 1.34. The summed E-state index contributed by atoms with van der Waals surface area (Å²) in [4.78, 5) is 0. The number of benzene rings is 1. The number of hydrogen-bond acceptors (Lipinski definition) is 2. The van der Waals surface area contributed by atoms with Gasteiger partial charge in [-0.1, -0.05) is 27.5 Å². The fourth-order valence-corrected chi connectivity index (χ4v) is 2.00. The van der Waals surface area contributed by atoms with E-state index < -0.39 is 0 Å². The lowest BCUT2D eigenvalue weighted by molar-refractivity contribution is 0.0770. The first-order chi connectivity index (χ1) is 8.09. The molecule has 0 bridgehead atoms. The van der Waals surface area contributed by atoms with Gasteiger partial charge in [0.15, 0.2) is 0 Å². The molecule has 0 saturated carbocycles. The molecule has 1 aromatic carbocycles. The molecule has 0 heterocycles. The summed E-state index contributed by atoms with van der Waals surface area (Å²) in [6.45, 7) is 6.68. The Balaban J connectivity index is 2.20. The maximum Gasteiger partial charge on any atom is 0.0518 e. The summed E-state index contributed by atoms with van der Waals surface area (Å²) in [5.74, 6) is 0. The zero-order chi connectivity index (χ0) is 12.7. The average molecular weight is 321 g/mol. The second-order valence-electron chi connectivity index (χ2n) is 4.19. The standard InChI is InChI=1S/C13H19BrClNO/c1-10(2)17-7-3-6-16-9-11-8-12(15)4-5-13(11)14/h4-5,8,10,16H,3,6-7,9H2,1-2H3. The zero-order valence-corrected chi connectivity index (χ0v) is 12.6. The smallest absolute Gasteiger partial charge is 0.0518 e. The summed E-state index contributed by atoms with van der Waals surface area (Å²) < 4.78 is 6.56. The Morgan fingerprint density at radius 3 is 2.88 bits per heavy atom.